The monoisotopic (exact) mass is 328 g/mol. The number of rotatable bonds is 8. The zero-order valence-electron chi connectivity index (χ0n) is 13.2. The standard InChI is InChI=1S/C16H24N2O3.ClH/c1-3-4-7-21-14-6-5-12(8-15(14)20-2)9-18-16(19)13-10-17-11-13;/h5-6,8,13,17H,3-4,7,9-11H2,1-2H3,(H,18,19);1H. The molecule has 0 bridgehead atoms. The van der Waals surface area contributed by atoms with Crippen LogP contribution in [0.4, 0.5) is 0 Å². The first-order valence-electron chi connectivity index (χ1n) is 7.52. The van der Waals surface area contributed by atoms with E-state index in [1.165, 1.54) is 0 Å². The van der Waals surface area contributed by atoms with Crippen LogP contribution in [0.25, 0.3) is 0 Å². The number of halogens is 1. The third-order valence-electron chi connectivity index (χ3n) is 3.60. The van der Waals surface area contributed by atoms with Gasteiger partial charge in [-0.2, -0.15) is 0 Å². The summed E-state index contributed by atoms with van der Waals surface area (Å²) in [6.07, 6.45) is 2.12. The van der Waals surface area contributed by atoms with E-state index in [9.17, 15) is 4.79 Å². The molecule has 0 saturated carbocycles. The average molecular weight is 329 g/mol. The van der Waals surface area contributed by atoms with Crippen molar-refractivity contribution in [3.05, 3.63) is 23.8 Å². The summed E-state index contributed by atoms with van der Waals surface area (Å²) in [6, 6.07) is 5.78. The topological polar surface area (TPSA) is 59.6 Å². The zero-order chi connectivity index (χ0) is 15.1. The van der Waals surface area contributed by atoms with Crippen LogP contribution in [0.1, 0.15) is 25.3 Å². The van der Waals surface area contributed by atoms with Crippen molar-refractivity contribution in [2.24, 2.45) is 5.92 Å². The molecule has 2 N–H and O–H groups in total. The second kappa shape index (κ2) is 9.54. The second-order valence-electron chi connectivity index (χ2n) is 5.26. The fourth-order valence-corrected chi connectivity index (χ4v) is 2.08. The van der Waals surface area contributed by atoms with Crippen LogP contribution in [0.2, 0.25) is 0 Å². The highest BCUT2D eigenvalue weighted by Gasteiger charge is 2.24. The summed E-state index contributed by atoms with van der Waals surface area (Å²) < 4.78 is 11.0. The minimum atomic E-state index is 0. The van der Waals surface area contributed by atoms with E-state index in [2.05, 4.69) is 17.6 Å². The third kappa shape index (κ3) is 5.07. The number of amides is 1. The number of unbranched alkanes of at least 4 members (excludes halogenated alkanes) is 1. The van der Waals surface area contributed by atoms with Crippen LogP contribution in [-0.4, -0.2) is 32.7 Å². The molecule has 0 atom stereocenters. The maximum atomic E-state index is 11.8. The van der Waals surface area contributed by atoms with Crippen LogP contribution in [0.3, 0.4) is 0 Å². The number of carbonyl (C=O) groups excluding carboxylic acids is 1. The van der Waals surface area contributed by atoms with Gasteiger partial charge < -0.3 is 20.1 Å². The number of hydrogen-bond donors (Lipinski definition) is 2. The Bertz CT molecular complexity index is 478. The normalized spacial score (nSPS) is 13.7. The van der Waals surface area contributed by atoms with Crippen LogP contribution >= 0.6 is 12.4 Å². The van der Waals surface area contributed by atoms with Gasteiger partial charge >= 0.3 is 0 Å². The third-order valence-corrected chi connectivity index (χ3v) is 3.60. The lowest BCUT2D eigenvalue weighted by Gasteiger charge is -2.25. The average Bonchev–Trinajstić information content (AvgIpc) is 2.44. The predicted molar refractivity (Wildman–Crippen MR) is 88.9 cm³/mol. The number of nitrogens with one attached hydrogen (secondary N) is 2. The molecule has 1 aliphatic rings. The van der Waals surface area contributed by atoms with Crippen molar-refractivity contribution in [1.29, 1.82) is 0 Å². The molecule has 0 aromatic heterocycles. The van der Waals surface area contributed by atoms with Crippen LogP contribution in [-0.2, 0) is 11.3 Å². The molecule has 0 aliphatic carbocycles. The lowest BCUT2D eigenvalue weighted by molar-refractivity contribution is -0.126. The Morgan fingerprint density at radius 3 is 2.73 bits per heavy atom. The number of benzene rings is 1. The molecule has 1 saturated heterocycles. The molecule has 1 fully saturated rings. The van der Waals surface area contributed by atoms with E-state index >= 15 is 0 Å². The van der Waals surface area contributed by atoms with Gasteiger partial charge in [0.1, 0.15) is 0 Å². The first-order valence-corrected chi connectivity index (χ1v) is 7.52. The Morgan fingerprint density at radius 2 is 2.14 bits per heavy atom. The van der Waals surface area contributed by atoms with Crippen LogP contribution < -0.4 is 20.1 Å². The quantitative estimate of drug-likeness (QED) is 0.718. The van der Waals surface area contributed by atoms with Crippen LogP contribution in [0.15, 0.2) is 18.2 Å². The minimum absolute atomic E-state index is 0. The number of hydrogen-bond acceptors (Lipinski definition) is 4. The number of ether oxygens (including phenoxy) is 2. The Kier molecular flexibility index (Phi) is 8.06. The number of methoxy groups -OCH3 is 1. The van der Waals surface area contributed by atoms with E-state index < -0.39 is 0 Å². The van der Waals surface area contributed by atoms with Crippen LogP contribution in [0.5, 0.6) is 11.5 Å². The highest BCUT2D eigenvalue weighted by Crippen LogP contribution is 2.28. The van der Waals surface area contributed by atoms with Gasteiger partial charge in [-0.15, -0.1) is 12.4 Å². The van der Waals surface area contributed by atoms with E-state index in [1.807, 2.05) is 18.2 Å². The number of carbonyl (C=O) groups is 1. The van der Waals surface area contributed by atoms with Crippen molar-refractivity contribution in [3.63, 3.8) is 0 Å². The summed E-state index contributed by atoms with van der Waals surface area (Å²) in [7, 11) is 1.63. The molecule has 1 aromatic carbocycles. The first-order chi connectivity index (χ1) is 10.2. The van der Waals surface area contributed by atoms with Gasteiger partial charge in [0.15, 0.2) is 11.5 Å². The van der Waals surface area contributed by atoms with E-state index in [-0.39, 0.29) is 24.2 Å². The first kappa shape index (κ1) is 18.6. The van der Waals surface area contributed by atoms with E-state index in [4.69, 9.17) is 9.47 Å². The lowest BCUT2D eigenvalue weighted by atomic mass is 10.0. The van der Waals surface area contributed by atoms with Gasteiger partial charge in [0, 0.05) is 19.6 Å². The summed E-state index contributed by atoms with van der Waals surface area (Å²) >= 11 is 0. The molecule has 124 valence electrons. The summed E-state index contributed by atoms with van der Waals surface area (Å²) in [4.78, 5) is 11.8. The molecule has 1 amide bonds. The Balaban J connectivity index is 0.00000242. The van der Waals surface area contributed by atoms with Crippen molar-refractivity contribution in [2.75, 3.05) is 26.8 Å². The highest BCUT2D eigenvalue weighted by atomic mass is 35.5. The summed E-state index contributed by atoms with van der Waals surface area (Å²) in [5, 5.41) is 6.04. The van der Waals surface area contributed by atoms with Crippen molar-refractivity contribution >= 4 is 18.3 Å². The summed E-state index contributed by atoms with van der Waals surface area (Å²) in [5.74, 6) is 1.69. The molecule has 6 heteroatoms. The summed E-state index contributed by atoms with van der Waals surface area (Å²) in [5.41, 5.74) is 1.01. The van der Waals surface area contributed by atoms with Crippen LogP contribution in [0, 0.1) is 5.92 Å². The SMILES string of the molecule is CCCCOc1ccc(CNC(=O)C2CNC2)cc1OC.Cl. The predicted octanol–water partition coefficient (Wildman–Crippen LogP) is 2.13. The smallest absolute Gasteiger partial charge is 0.225 e. The van der Waals surface area contributed by atoms with Gasteiger partial charge in [-0.3, -0.25) is 4.79 Å². The fraction of sp³-hybridized carbons (Fsp3) is 0.562. The largest absolute Gasteiger partial charge is 0.493 e. The van der Waals surface area contributed by atoms with Crippen molar-refractivity contribution in [1.82, 2.24) is 10.6 Å². The molecule has 0 radical (unpaired) electrons. The summed E-state index contributed by atoms with van der Waals surface area (Å²) in [6.45, 7) is 4.89. The Morgan fingerprint density at radius 1 is 1.36 bits per heavy atom. The van der Waals surface area contributed by atoms with Gasteiger partial charge in [-0.05, 0) is 24.1 Å². The Hall–Kier alpha value is -1.46. The van der Waals surface area contributed by atoms with Gasteiger partial charge in [0.05, 0.1) is 19.6 Å². The second-order valence-corrected chi connectivity index (χ2v) is 5.26. The molecule has 2 rings (SSSR count). The van der Waals surface area contributed by atoms with E-state index in [0.717, 1.165) is 37.2 Å². The molecule has 1 aromatic rings. The lowest BCUT2D eigenvalue weighted by Crippen LogP contribution is -2.50. The molecular weight excluding hydrogens is 304 g/mol. The zero-order valence-corrected chi connectivity index (χ0v) is 14.0. The van der Waals surface area contributed by atoms with E-state index in [1.54, 1.807) is 7.11 Å². The maximum Gasteiger partial charge on any atom is 0.225 e. The van der Waals surface area contributed by atoms with Gasteiger partial charge in [-0.25, -0.2) is 0 Å². The molecule has 1 aliphatic heterocycles. The molecule has 0 unspecified atom stereocenters. The van der Waals surface area contributed by atoms with Gasteiger partial charge in [0.2, 0.25) is 5.91 Å². The molecular formula is C16H25ClN2O3. The van der Waals surface area contributed by atoms with Crippen molar-refractivity contribution < 1.29 is 14.3 Å². The van der Waals surface area contributed by atoms with E-state index in [0.29, 0.717) is 18.9 Å². The Labute approximate surface area is 138 Å². The molecule has 22 heavy (non-hydrogen) atoms. The highest BCUT2D eigenvalue weighted by molar-refractivity contribution is 5.85. The molecule has 5 nitrogen and oxygen atoms in total. The van der Waals surface area contributed by atoms with Crippen molar-refractivity contribution in [3.8, 4) is 11.5 Å². The van der Waals surface area contributed by atoms with Gasteiger partial charge in [0.25, 0.3) is 0 Å². The van der Waals surface area contributed by atoms with Crippen molar-refractivity contribution in [2.45, 2.75) is 26.3 Å². The fourth-order valence-electron chi connectivity index (χ4n) is 2.08. The molecule has 0 spiro atoms. The minimum Gasteiger partial charge on any atom is -0.493 e. The van der Waals surface area contributed by atoms with Gasteiger partial charge in [-0.1, -0.05) is 19.4 Å². The molecule has 1 heterocycles. The maximum absolute atomic E-state index is 11.8.